The molecular weight excluding hydrogens is 192 g/mol. The fraction of sp³-hybridized carbons (Fsp3) is 0.364. The average Bonchev–Trinajstić information content (AvgIpc) is 2.21. The van der Waals surface area contributed by atoms with Gasteiger partial charge in [0.15, 0.2) is 6.73 Å². The molecule has 15 heavy (non-hydrogen) atoms. The van der Waals surface area contributed by atoms with E-state index in [-0.39, 0.29) is 12.8 Å². The van der Waals surface area contributed by atoms with Crippen LogP contribution in [0.3, 0.4) is 0 Å². The summed E-state index contributed by atoms with van der Waals surface area (Å²) in [4.78, 5) is 10.8. The van der Waals surface area contributed by atoms with Gasteiger partial charge >= 0.3 is 6.03 Å². The lowest BCUT2D eigenvalue weighted by atomic mass is 10.1. The minimum Gasteiger partial charge on any atom is -0.473 e. The Hall–Kier alpha value is -1.71. The van der Waals surface area contributed by atoms with E-state index in [1.54, 1.807) is 7.05 Å². The van der Waals surface area contributed by atoms with E-state index < -0.39 is 0 Å². The van der Waals surface area contributed by atoms with Gasteiger partial charge in [-0.2, -0.15) is 0 Å². The second-order valence-corrected chi connectivity index (χ2v) is 3.31. The summed E-state index contributed by atoms with van der Waals surface area (Å²) < 4.78 is 5.39. The third-order valence-corrected chi connectivity index (χ3v) is 2.02. The first-order valence-electron chi connectivity index (χ1n) is 4.79. The van der Waals surface area contributed by atoms with E-state index in [4.69, 9.17) is 4.74 Å². The van der Waals surface area contributed by atoms with E-state index in [1.165, 1.54) is 5.56 Å². The number of hydrogen-bond donors (Lipinski definition) is 2. The maximum Gasteiger partial charge on any atom is 0.317 e. The standard InChI is InChI=1S/C11H16N2O2/c1-8-4-5-10(9(2)6-8)15-7-13-11(14)12-3/h4-6H,7H2,1-3H3,(H2,12,13,14). The average molecular weight is 208 g/mol. The smallest absolute Gasteiger partial charge is 0.317 e. The molecule has 0 unspecified atom stereocenters. The predicted molar refractivity (Wildman–Crippen MR) is 59.0 cm³/mol. The predicted octanol–water partition coefficient (Wildman–Crippen LogP) is 1.57. The van der Waals surface area contributed by atoms with Crippen molar-refractivity contribution in [3.8, 4) is 5.75 Å². The lowest BCUT2D eigenvalue weighted by Crippen LogP contribution is -2.35. The molecule has 0 aromatic heterocycles. The van der Waals surface area contributed by atoms with Crippen molar-refractivity contribution < 1.29 is 9.53 Å². The number of nitrogens with one attached hydrogen (secondary N) is 2. The minimum absolute atomic E-state index is 0.170. The van der Waals surface area contributed by atoms with Gasteiger partial charge in [0.05, 0.1) is 0 Å². The molecule has 1 aromatic carbocycles. The second kappa shape index (κ2) is 5.24. The number of amides is 2. The van der Waals surface area contributed by atoms with Crippen LogP contribution >= 0.6 is 0 Å². The van der Waals surface area contributed by atoms with Gasteiger partial charge in [-0.15, -0.1) is 0 Å². The van der Waals surface area contributed by atoms with Crippen molar-refractivity contribution in [1.29, 1.82) is 0 Å². The van der Waals surface area contributed by atoms with Crippen LogP contribution in [0.15, 0.2) is 18.2 Å². The van der Waals surface area contributed by atoms with Crippen LogP contribution in [0.4, 0.5) is 4.79 Å². The Bertz CT molecular complexity index is 350. The van der Waals surface area contributed by atoms with Gasteiger partial charge in [0.2, 0.25) is 0 Å². The molecule has 0 saturated carbocycles. The molecule has 1 rings (SSSR count). The zero-order valence-corrected chi connectivity index (χ0v) is 9.26. The summed E-state index contributed by atoms with van der Waals surface area (Å²) in [6.07, 6.45) is 0. The van der Waals surface area contributed by atoms with E-state index in [9.17, 15) is 4.79 Å². The van der Waals surface area contributed by atoms with Gasteiger partial charge in [0.25, 0.3) is 0 Å². The number of carbonyl (C=O) groups excluding carboxylic acids is 1. The molecule has 0 saturated heterocycles. The van der Waals surface area contributed by atoms with Crippen molar-refractivity contribution in [1.82, 2.24) is 10.6 Å². The summed E-state index contributed by atoms with van der Waals surface area (Å²) in [7, 11) is 1.56. The summed E-state index contributed by atoms with van der Waals surface area (Å²) in [5.74, 6) is 0.789. The molecular formula is C11H16N2O2. The first-order valence-corrected chi connectivity index (χ1v) is 4.79. The van der Waals surface area contributed by atoms with Crippen LogP contribution in [-0.4, -0.2) is 19.8 Å². The van der Waals surface area contributed by atoms with Crippen molar-refractivity contribution >= 4 is 6.03 Å². The van der Waals surface area contributed by atoms with Gasteiger partial charge in [-0.05, 0) is 25.5 Å². The minimum atomic E-state index is -0.250. The van der Waals surface area contributed by atoms with E-state index in [2.05, 4.69) is 10.6 Å². The molecule has 1 aromatic rings. The van der Waals surface area contributed by atoms with E-state index >= 15 is 0 Å². The zero-order chi connectivity index (χ0) is 11.3. The van der Waals surface area contributed by atoms with Crippen LogP contribution in [0.2, 0.25) is 0 Å². The maximum atomic E-state index is 10.8. The zero-order valence-electron chi connectivity index (χ0n) is 9.26. The molecule has 82 valence electrons. The summed E-state index contributed by atoms with van der Waals surface area (Å²) in [6.45, 7) is 4.17. The van der Waals surface area contributed by atoms with Crippen LogP contribution in [0.1, 0.15) is 11.1 Å². The molecule has 0 aliphatic carbocycles. The number of ether oxygens (including phenoxy) is 1. The van der Waals surface area contributed by atoms with Crippen molar-refractivity contribution in [3.63, 3.8) is 0 Å². The van der Waals surface area contributed by atoms with E-state index in [1.807, 2.05) is 32.0 Å². The molecule has 0 spiro atoms. The van der Waals surface area contributed by atoms with Gasteiger partial charge in [-0.25, -0.2) is 4.79 Å². The van der Waals surface area contributed by atoms with Crippen molar-refractivity contribution in [2.75, 3.05) is 13.8 Å². The molecule has 2 amide bonds. The summed E-state index contributed by atoms with van der Waals surface area (Å²) in [5.41, 5.74) is 2.26. The molecule has 4 heteroatoms. The summed E-state index contributed by atoms with van der Waals surface area (Å²) in [5, 5.41) is 5.00. The Kier molecular flexibility index (Phi) is 3.97. The van der Waals surface area contributed by atoms with Gasteiger partial charge in [-0.3, -0.25) is 0 Å². The number of rotatable bonds is 3. The van der Waals surface area contributed by atoms with Gasteiger partial charge in [0, 0.05) is 7.05 Å². The number of carbonyl (C=O) groups is 1. The van der Waals surface area contributed by atoms with Crippen LogP contribution in [-0.2, 0) is 0 Å². The monoisotopic (exact) mass is 208 g/mol. The summed E-state index contributed by atoms with van der Waals surface area (Å²) >= 11 is 0. The molecule has 0 heterocycles. The molecule has 0 aliphatic rings. The molecule has 4 nitrogen and oxygen atoms in total. The Morgan fingerprint density at radius 3 is 2.73 bits per heavy atom. The highest BCUT2D eigenvalue weighted by Crippen LogP contribution is 2.17. The maximum absolute atomic E-state index is 10.8. The molecule has 0 bridgehead atoms. The van der Waals surface area contributed by atoms with Gasteiger partial charge in [0.1, 0.15) is 5.75 Å². The third kappa shape index (κ3) is 3.50. The van der Waals surface area contributed by atoms with E-state index in [0.29, 0.717) is 0 Å². The first-order chi connectivity index (χ1) is 7.13. The lowest BCUT2D eigenvalue weighted by molar-refractivity contribution is 0.225. The summed E-state index contributed by atoms with van der Waals surface area (Å²) in [6, 6.07) is 5.66. The van der Waals surface area contributed by atoms with Crippen LogP contribution in [0.25, 0.3) is 0 Å². The molecule has 0 atom stereocenters. The molecule has 2 N–H and O–H groups in total. The Labute approximate surface area is 89.6 Å². The van der Waals surface area contributed by atoms with Crippen LogP contribution < -0.4 is 15.4 Å². The fourth-order valence-electron chi connectivity index (χ4n) is 1.23. The van der Waals surface area contributed by atoms with Crippen molar-refractivity contribution in [3.05, 3.63) is 29.3 Å². The Morgan fingerprint density at radius 2 is 2.13 bits per heavy atom. The van der Waals surface area contributed by atoms with E-state index in [0.717, 1.165) is 11.3 Å². The molecule has 0 fully saturated rings. The lowest BCUT2D eigenvalue weighted by Gasteiger charge is -2.10. The highest BCUT2D eigenvalue weighted by Gasteiger charge is 2.00. The first kappa shape index (κ1) is 11.4. The fourth-order valence-corrected chi connectivity index (χ4v) is 1.23. The van der Waals surface area contributed by atoms with Gasteiger partial charge < -0.3 is 15.4 Å². The largest absolute Gasteiger partial charge is 0.473 e. The van der Waals surface area contributed by atoms with Crippen LogP contribution in [0.5, 0.6) is 5.75 Å². The third-order valence-electron chi connectivity index (χ3n) is 2.02. The van der Waals surface area contributed by atoms with Gasteiger partial charge in [-0.1, -0.05) is 17.7 Å². The number of hydrogen-bond acceptors (Lipinski definition) is 2. The highest BCUT2D eigenvalue weighted by atomic mass is 16.5. The molecule has 0 aliphatic heterocycles. The molecule has 0 radical (unpaired) electrons. The van der Waals surface area contributed by atoms with Crippen molar-refractivity contribution in [2.24, 2.45) is 0 Å². The second-order valence-electron chi connectivity index (χ2n) is 3.31. The number of urea groups is 1. The Morgan fingerprint density at radius 1 is 1.40 bits per heavy atom. The quantitative estimate of drug-likeness (QED) is 0.741. The van der Waals surface area contributed by atoms with Crippen molar-refractivity contribution in [2.45, 2.75) is 13.8 Å². The van der Waals surface area contributed by atoms with Crippen LogP contribution in [0, 0.1) is 13.8 Å². The number of aryl methyl sites for hydroxylation is 2. The Balaban J connectivity index is 2.47. The highest BCUT2D eigenvalue weighted by molar-refractivity contribution is 5.73. The topological polar surface area (TPSA) is 50.4 Å². The normalized spacial score (nSPS) is 9.53. The SMILES string of the molecule is CNC(=O)NCOc1ccc(C)cc1C. The number of benzene rings is 1.